The molecule has 0 aliphatic carbocycles. The average Bonchev–Trinajstić information content (AvgIpc) is 2.05. The fourth-order valence-electron chi connectivity index (χ4n) is 1.95. The topological polar surface area (TPSA) is 49.5 Å². The van der Waals surface area contributed by atoms with Gasteiger partial charge in [0.1, 0.15) is 0 Å². The lowest BCUT2D eigenvalue weighted by atomic mass is 9.96. The summed E-state index contributed by atoms with van der Waals surface area (Å²) in [6.07, 6.45) is 0. The van der Waals surface area contributed by atoms with Crippen molar-refractivity contribution in [1.82, 2.24) is 4.90 Å². The molecule has 3 N–H and O–H groups in total. The molecule has 2 rings (SSSR count). The van der Waals surface area contributed by atoms with Crippen molar-refractivity contribution >= 4 is 5.69 Å². The van der Waals surface area contributed by atoms with Crippen LogP contribution in [0.15, 0.2) is 24.3 Å². The first-order valence-corrected chi connectivity index (χ1v) is 4.85. The zero-order chi connectivity index (χ0) is 10.2. The van der Waals surface area contributed by atoms with E-state index in [9.17, 15) is 5.11 Å². The summed E-state index contributed by atoms with van der Waals surface area (Å²) < 4.78 is 0. The fourth-order valence-corrected chi connectivity index (χ4v) is 1.95. The van der Waals surface area contributed by atoms with Crippen LogP contribution in [0.2, 0.25) is 0 Å². The predicted octanol–water partition coefficient (Wildman–Crippen LogP) is 0.835. The van der Waals surface area contributed by atoms with E-state index in [1.807, 2.05) is 31.2 Å². The minimum absolute atomic E-state index is 0.496. The van der Waals surface area contributed by atoms with Crippen LogP contribution in [0.5, 0.6) is 0 Å². The minimum Gasteiger partial charge on any atom is -0.398 e. The molecule has 1 aromatic carbocycles. The number of benzene rings is 1. The Labute approximate surface area is 84.1 Å². The molecule has 1 heterocycles. The van der Waals surface area contributed by atoms with Gasteiger partial charge in [0.05, 0.1) is 5.60 Å². The first-order valence-electron chi connectivity index (χ1n) is 4.85. The van der Waals surface area contributed by atoms with Gasteiger partial charge in [-0.2, -0.15) is 0 Å². The molecule has 1 aromatic rings. The van der Waals surface area contributed by atoms with E-state index in [-0.39, 0.29) is 0 Å². The van der Waals surface area contributed by atoms with Gasteiger partial charge < -0.3 is 10.8 Å². The maximum absolute atomic E-state index is 9.56. The number of para-hydroxylation sites is 1. The largest absolute Gasteiger partial charge is 0.398 e. The third-order valence-electron chi connectivity index (χ3n) is 2.58. The first-order chi connectivity index (χ1) is 6.57. The van der Waals surface area contributed by atoms with Crippen LogP contribution in [-0.2, 0) is 6.54 Å². The van der Waals surface area contributed by atoms with Crippen molar-refractivity contribution in [3.05, 3.63) is 29.8 Å². The van der Waals surface area contributed by atoms with Crippen molar-refractivity contribution in [3.8, 4) is 0 Å². The molecule has 0 bridgehead atoms. The molecule has 0 amide bonds. The standard InChI is InChI=1S/C11H16N2O/c1-11(14)7-13(8-11)6-9-4-2-3-5-10(9)12/h2-5,14H,6-8,12H2,1H3. The molecule has 1 saturated heterocycles. The Hall–Kier alpha value is -1.06. The van der Waals surface area contributed by atoms with Crippen molar-refractivity contribution in [1.29, 1.82) is 0 Å². The van der Waals surface area contributed by atoms with E-state index >= 15 is 0 Å². The van der Waals surface area contributed by atoms with Crippen LogP contribution < -0.4 is 5.73 Å². The van der Waals surface area contributed by atoms with E-state index in [2.05, 4.69) is 4.90 Å². The number of hydrogen-bond acceptors (Lipinski definition) is 3. The summed E-state index contributed by atoms with van der Waals surface area (Å²) in [4.78, 5) is 2.19. The Morgan fingerprint density at radius 3 is 2.64 bits per heavy atom. The van der Waals surface area contributed by atoms with Crippen LogP contribution in [0.1, 0.15) is 12.5 Å². The molecule has 0 aromatic heterocycles. The zero-order valence-corrected chi connectivity index (χ0v) is 8.40. The molecule has 76 valence electrons. The van der Waals surface area contributed by atoms with Crippen molar-refractivity contribution in [3.63, 3.8) is 0 Å². The summed E-state index contributed by atoms with van der Waals surface area (Å²) >= 11 is 0. The van der Waals surface area contributed by atoms with E-state index in [1.54, 1.807) is 0 Å². The molecule has 1 fully saturated rings. The van der Waals surface area contributed by atoms with Gasteiger partial charge in [-0.15, -0.1) is 0 Å². The van der Waals surface area contributed by atoms with Crippen LogP contribution in [-0.4, -0.2) is 28.7 Å². The van der Waals surface area contributed by atoms with E-state index in [0.29, 0.717) is 0 Å². The van der Waals surface area contributed by atoms with Gasteiger partial charge in [-0.05, 0) is 18.6 Å². The Bertz CT molecular complexity index is 328. The van der Waals surface area contributed by atoms with E-state index in [0.717, 1.165) is 30.9 Å². The Morgan fingerprint density at radius 1 is 1.43 bits per heavy atom. The number of nitrogens with zero attached hydrogens (tertiary/aromatic N) is 1. The van der Waals surface area contributed by atoms with Gasteiger partial charge in [-0.25, -0.2) is 0 Å². The van der Waals surface area contributed by atoms with E-state index in [1.165, 1.54) is 0 Å². The van der Waals surface area contributed by atoms with Gasteiger partial charge in [0.25, 0.3) is 0 Å². The number of anilines is 1. The maximum Gasteiger partial charge on any atom is 0.0872 e. The lowest BCUT2D eigenvalue weighted by Crippen LogP contribution is -2.59. The van der Waals surface area contributed by atoms with Crippen LogP contribution in [0.4, 0.5) is 5.69 Å². The van der Waals surface area contributed by atoms with Crippen LogP contribution >= 0.6 is 0 Å². The van der Waals surface area contributed by atoms with Crippen molar-refractivity contribution in [2.24, 2.45) is 0 Å². The van der Waals surface area contributed by atoms with Gasteiger partial charge >= 0.3 is 0 Å². The lowest BCUT2D eigenvalue weighted by Gasteiger charge is -2.44. The average molecular weight is 192 g/mol. The maximum atomic E-state index is 9.56. The van der Waals surface area contributed by atoms with E-state index < -0.39 is 5.60 Å². The molecule has 3 nitrogen and oxygen atoms in total. The Balaban J connectivity index is 1.97. The highest BCUT2D eigenvalue weighted by atomic mass is 16.3. The quantitative estimate of drug-likeness (QED) is 0.682. The normalized spacial score (nSPS) is 20.4. The highest BCUT2D eigenvalue weighted by Gasteiger charge is 2.36. The predicted molar refractivity (Wildman–Crippen MR) is 56.8 cm³/mol. The number of likely N-dealkylation sites (tertiary alicyclic amines) is 1. The number of aliphatic hydroxyl groups is 1. The Kier molecular flexibility index (Phi) is 2.21. The van der Waals surface area contributed by atoms with Gasteiger partial charge in [0.2, 0.25) is 0 Å². The van der Waals surface area contributed by atoms with Crippen LogP contribution in [0.3, 0.4) is 0 Å². The Morgan fingerprint density at radius 2 is 2.07 bits per heavy atom. The second-order valence-corrected chi connectivity index (χ2v) is 4.34. The van der Waals surface area contributed by atoms with Crippen molar-refractivity contribution in [2.75, 3.05) is 18.8 Å². The highest BCUT2D eigenvalue weighted by molar-refractivity contribution is 5.46. The molecular formula is C11H16N2O. The summed E-state index contributed by atoms with van der Waals surface area (Å²) in [6, 6.07) is 7.87. The molecule has 0 spiro atoms. The van der Waals surface area contributed by atoms with E-state index in [4.69, 9.17) is 5.73 Å². The third-order valence-corrected chi connectivity index (χ3v) is 2.58. The minimum atomic E-state index is -0.496. The second kappa shape index (κ2) is 3.26. The molecule has 0 atom stereocenters. The lowest BCUT2D eigenvalue weighted by molar-refractivity contribution is -0.0870. The zero-order valence-electron chi connectivity index (χ0n) is 8.40. The summed E-state index contributed by atoms with van der Waals surface area (Å²) in [5.41, 5.74) is 7.30. The van der Waals surface area contributed by atoms with Crippen molar-refractivity contribution in [2.45, 2.75) is 19.1 Å². The van der Waals surface area contributed by atoms with Crippen LogP contribution in [0.25, 0.3) is 0 Å². The highest BCUT2D eigenvalue weighted by Crippen LogP contribution is 2.23. The first kappa shape index (κ1) is 9.49. The molecule has 3 heteroatoms. The molecule has 0 saturated carbocycles. The summed E-state index contributed by atoms with van der Waals surface area (Å²) in [5, 5.41) is 9.56. The molecule has 14 heavy (non-hydrogen) atoms. The number of rotatable bonds is 2. The molecule has 0 radical (unpaired) electrons. The van der Waals surface area contributed by atoms with Gasteiger partial charge in [0.15, 0.2) is 0 Å². The number of hydrogen-bond donors (Lipinski definition) is 2. The van der Waals surface area contributed by atoms with Crippen molar-refractivity contribution < 1.29 is 5.11 Å². The third kappa shape index (κ3) is 1.89. The monoisotopic (exact) mass is 192 g/mol. The second-order valence-electron chi connectivity index (χ2n) is 4.34. The number of nitrogens with two attached hydrogens (primary N) is 1. The molecule has 0 unspecified atom stereocenters. The van der Waals surface area contributed by atoms with Crippen LogP contribution in [0, 0.1) is 0 Å². The molecule has 1 aliphatic rings. The summed E-state index contributed by atoms with van der Waals surface area (Å²) in [5.74, 6) is 0. The van der Waals surface area contributed by atoms with Gasteiger partial charge in [0, 0.05) is 25.3 Å². The molecule has 1 aliphatic heterocycles. The molecular weight excluding hydrogens is 176 g/mol. The summed E-state index contributed by atoms with van der Waals surface area (Å²) in [6.45, 7) is 4.17. The van der Waals surface area contributed by atoms with Gasteiger partial charge in [-0.3, -0.25) is 4.90 Å². The number of β-amino-alcohol motifs (C(OH)–C–C–N with tert-alkyl or cyclic N) is 1. The fraction of sp³-hybridized carbons (Fsp3) is 0.455. The summed E-state index contributed by atoms with van der Waals surface area (Å²) in [7, 11) is 0. The SMILES string of the molecule is CC1(O)CN(Cc2ccccc2N)C1. The van der Waals surface area contributed by atoms with Gasteiger partial charge in [-0.1, -0.05) is 18.2 Å². The smallest absolute Gasteiger partial charge is 0.0872 e. The number of nitrogen functional groups attached to an aromatic ring is 1.